The quantitative estimate of drug-likeness (QED) is 0.781. The SMILES string of the molecule is CC(C)CC(CN)NC(=O)c1cc2ccccc2[nH]c1=O. The van der Waals surface area contributed by atoms with Gasteiger partial charge < -0.3 is 16.0 Å². The van der Waals surface area contributed by atoms with Crippen LogP contribution in [0.25, 0.3) is 10.9 Å². The van der Waals surface area contributed by atoms with Gasteiger partial charge in [0.2, 0.25) is 0 Å². The molecule has 0 spiro atoms. The Balaban J connectivity index is 2.26. The van der Waals surface area contributed by atoms with Gasteiger partial charge in [-0.05, 0) is 29.9 Å². The number of benzene rings is 1. The molecule has 0 bridgehead atoms. The Labute approximate surface area is 123 Å². The van der Waals surface area contributed by atoms with Crippen LogP contribution in [0.5, 0.6) is 0 Å². The van der Waals surface area contributed by atoms with Crippen LogP contribution in [0.4, 0.5) is 0 Å². The van der Waals surface area contributed by atoms with Crippen LogP contribution in [0.1, 0.15) is 30.6 Å². The maximum atomic E-state index is 12.3. The van der Waals surface area contributed by atoms with Crippen molar-refractivity contribution in [2.45, 2.75) is 26.3 Å². The van der Waals surface area contributed by atoms with Crippen LogP contribution in [-0.4, -0.2) is 23.5 Å². The summed E-state index contributed by atoms with van der Waals surface area (Å²) in [5.74, 6) is 0.0480. The molecule has 1 amide bonds. The normalized spacial score (nSPS) is 12.6. The zero-order valence-electron chi connectivity index (χ0n) is 12.3. The number of carbonyl (C=O) groups excluding carboxylic acids is 1. The zero-order chi connectivity index (χ0) is 15.4. The van der Waals surface area contributed by atoms with Gasteiger partial charge in [0.05, 0.1) is 0 Å². The average Bonchev–Trinajstić information content (AvgIpc) is 2.45. The lowest BCUT2D eigenvalue weighted by Gasteiger charge is -2.18. The predicted octanol–water partition coefficient (Wildman–Crippen LogP) is 1.63. The fourth-order valence-corrected chi connectivity index (χ4v) is 2.36. The first-order valence-corrected chi connectivity index (χ1v) is 7.14. The molecule has 2 aromatic rings. The largest absolute Gasteiger partial charge is 0.348 e. The number of rotatable bonds is 5. The second-order valence-electron chi connectivity index (χ2n) is 5.64. The van der Waals surface area contributed by atoms with Crippen molar-refractivity contribution in [3.05, 3.63) is 46.2 Å². The van der Waals surface area contributed by atoms with E-state index in [4.69, 9.17) is 5.73 Å². The minimum atomic E-state index is -0.383. The molecule has 0 saturated heterocycles. The summed E-state index contributed by atoms with van der Waals surface area (Å²) in [6, 6.07) is 8.86. The maximum absolute atomic E-state index is 12.3. The lowest BCUT2D eigenvalue weighted by Crippen LogP contribution is -2.42. The smallest absolute Gasteiger partial charge is 0.261 e. The van der Waals surface area contributed by atoms with Crippen LogP contribution >= 0.6 is 0 Å². The second kappa shape index (κ2) is 6.54. The standard InChI is InChI=1S/C16H21N3O2/c1-10(2)7-12(9-17)18-15(20)13-8-11-5-3-4-6-14(11)19-16(13)21/h3-6,8,10,12H,7,9,17H2,1-2H3,(H,18,20)(H,19,21). The lowest BCUT2D eigenvalue weighted by molar-refractivity contribution is 0.0932. The van der Waals surface area contributed by atoms with Gasteiger partial charge in [-0.15, -0.1) is 0 Å². The van der Waals surface area contributed by atoms with E-state index in [9.17, 15) is 9.59 Å². The van der Waals surface area contributed by atoms with Crippen molar-refractivity contribution in [2.24, 2.45) is 11.7 Å². The molecule has 1 aromatic carbocycles. The molecule has 0 aliphatic heterocycles. The van der Waals surface area contributed by atoms with Crippen LogP contribution in [0.2, 0.25) is 0 Å². The summed E-state index contributed by atoms with van der Waals surface area (Å²) in [4.78, 5) is 27.0. The Bertz CT molecular complexity index is 691. The monoisotopic (exact) mass is 287 g/mol. The molecular weight excluding hydrogens is 266 g/mol. The van der Waals surface area contributed by atoms with Crippen molar-refractivity contribution in [3.8, 4) is 0 Å². The molecule has 5 nitrogen and oxygen atoms in total. The van der Waals surface area contributed by atoms with Gasteiger partial charge in [0, 0.05) is 18.1 Å². The molecule has 0 aliphatic carbocycles. The summed E-state index contributed by atoms with van der Waals surface area (Å²) >= 11 is 0. The highest BCUT2D eigenvalue weighted by atomic mass is 16.2. The highest BCUT2D eigenvalue weighted by Gasteiger charge is 2.16. The molecular formula is C16H21N3O2. The number of hydrogen-bond acceptors (Lipinski definition) is 3. The molecule has 4 N–H and O–H groups in total. The second-order valence-corrected chi connectivity index (χ2v) is 5.64. The molecule has 5 heteroatoms. The van der Waals surface area contributed by atoms with E-state index in [0.717, 1.165) is 17.3 Å². The van der Waals surface area contributed by atoms with E-state index in [1.165, 1.54) is 0 Å². The number of aromatic nitrogens is 1. The molecule has 112 valence electrons. The van der Waals surface area contributed by atoms with E-state index >= 15 is 0 Å². The minimum Gasteiger partial charge on any atom is -0.348 e. The van der Waals surface area contributed by atoms with Crippen molar-refractivity contribution in [1.29, 1.82) is 0 Å². The van der Waals surface area contributed by atoms with Gasteiger partial charge >= 0.3 is 0 Å². The molecule has 1 atom stereocenters. The van der Waals surface area contributed by atoms with E-state index < -0.39 is 0 Å². The van der Waals surface area contributed by atoms with E-state index in [1.807, 2.05) is 18.2 Å². The van der Waals surface area contributed by atoms with E-state index in [1.54, 1.807) is 12.1 Å². The van der Waals surface area contributed by atoms with Gasteiger partial charge in [-0.25, -0.2) is 0 Å². The number of hydrogen-bond donors (Lipinski definition) is 3. The molecule has 1 heterocycles. The first-order chi connectivity index (χ1) is 10.0. The van der Waals surface area contributed by atoms with Crippen molar-refractivity contribution < 1.29 is 4.79 Å². The van der Waals surface area contributed by atoms with Crippen molar-refractivity contribution in [1.82, 2.24) is 10.3 Å². The Morgan fingerprint density at radius 3 is 2.71 bits per heavy atom. The minimum absolute atomic E-state index is 0.121. The summed E-state index contributed by atoms with van der Waals surface area (Å²) in [6.45, 7) is 4.49. The first kappa shape index (κ1) is 15.3. The molecule has 0 saturated carbocycles. The van der Waals surface area contributed by atoms with Crippen LogP contribution in [-0.2, 0) is 0 Å². The predicted molar refractivity (Wildman–Crippen MR) is 84.3 cm³/mol. The van der Waals surface area contributed by atoms with Gasteiger partial charge in [-0.2, -0.15) is 0 Å². The number of fused-ring (bicyclic) bond motifs is 1. The molecule has 0 radical (unpaired) electrons. The molecule has 1 unspecified atom stereocenters. The third-order valence-corrected chi connectivity index (χ3v) is 3.37. The highest BCUT2D eigenvalue weighted by molar-refractivity contribution is 5.97. The Morgan fingerprint density at radius 1 is 1.33 bits per heavy atom. The topological polar surface area (TPSA) is 88.0 Å². The van der Waals surface area contributed by atoms with Crippen LogP contribution in [0.15, 0.2) is 35.1 Å². The van der Waals surface area contributed by atoms with Gasteiger partial charge in [0.15, 0.2) is 0 Å². The van der Waals surface area contributed by atoms with Crippen molar-refractivity contribution in [3.63, 3.8) is 0 Å². The summed E-state index contributed by atoms with van der Waals surface area (Å²) in [5, 5.41) is 3.66. The van der Waals surface area contributed by atoms with E-state index in [2.05, 4.69) is 24.1 Å². The fraction of sp³-hybridized carbons (Fsp3) is 0.375. The first-order valence-electron chi connectivity index (χ1n) is 7.14. The Hall–Kier alpha value is -2.14. The van der Waals surface area contributed by atoms with Gasteiger partial charge in [0.25, 0.3) is 11.5 Å². The summed E-state index contributed by atoms with van der Waals surface area (Å²) < 4.78 is 0. The van der Waals surface area contributed by atoms with Crippen LogP contribution in [0.3, 0.4) is 0 Å². The van der Waals surface area contributed by atoms with E-state index in [-0.39, 0.29) is 23.1 Å². The molecule has 0 aliphatic rings. The molecule has 21 heavy (non-hydrogen) atoms. The summed E-state index contributed by atoms with van der Waals surface area (Å²) in [7, 11) is 0. The number of para-hydroxylation sites is 1. The molecule has 2 rings (SSSR count). The Morgan fingerprint density at radius 2 is 2.05 bits per heavy atom. The number of amides is 1. The third kappa shape index (κ3) is 3.70. The average molecular weight is 287 g/mol. The van der Waals surface area contributed by atoms with Crippen LogP contribution < -0.4 is 16.6 Å². The number of nitrogens with two attached hydrogens (primary N) is 1. The fourth-order valence-electron chi connectivity index (χ4n) is 2.36. The highest BCUT2D eigenvalue weighted by Crippen LogP contribution is 2.10. The van der Waals surface area contributed by atoms with E-state index in [0.29, 0.717) is 12.5 Å². The lowest BCUT2D eigenvalue weighted by atomic mass is 10.0. The number of pyridine rings is 1. The zero-order valence-corrected chi connectivity index (χ0v) is 12.3. The number of H-pyrrole nitrogens is 1. The van der Waals surface area contributed by atoms with Gasteiger partial charge in [-0.3, -0.25) is 9.59 Å². The number of nitrogens with one attached hydrogen (secondary N) is 2. The van der Waals surface area contributed by atoms with Crippen molar-refractivity contribution >= 4 is 16.8 Å². The van der Waals surface area contributed by atoms with Crippen molar-refractivity contribution in [2.75, 3.05) is 6.54 Å². The number of aromatic amines is 1. The summed E-state index contributed by atoms with van der Waals surface area (Å²) in [5.41, 5.74) is 6.13. The molecule has 0 fully saturated rings. The number of carbonyl (C=O) groups is 1. The van der Waals surface area contributed by atoms with Crippen LogP contribution in [0, 0.1) is 5.92 Å². The third-order valence-electron chi connectivity index (χ3n) is 3.37. The Kier molecular flexibility index (Phi) is 4.75. The maximum Gasteiger partial charge on any atom is 0.261 e. The molecule has 1 aromatic heterocycles. The summed E-state index contributed by atoms with van der Waals surface area (Å²) in [6.07, 6.45) is 0.785. The van der Waals surface area contributed by atoms with Gasteiger partial charge in [0.1, 0.15) is 5.56 Å². The van der Waals surface area contributed by atoms with Gasteiger partial charge in [-0.1, -0.05) is 32.0 Å².